The minimum absolute atomic E-state index is 0.130. The van der Waals surface area contributed by atoms with Crippen LogP contribution in [0.15, 0.2) is 59.8 Å². The predicted molar refractivity (Wildman–Crippen MR) is 76.1 cm³/mol. The van der Waals surface area contributed by atoms with Crippen LogP contribution in [0.1, 0.15) is 15.9 Å². The first-order valence-electron chi connectivity index (χ1n) is 5.71. The molecule has 0 aromatic heterocycles. The standard InChI is InChI=1S/C15H12N2O2/c16-13-8-6-11(14(10-13)17-19)7-9-15(18)12-4-2-1-3-5-12/h1-10H,16H2/b9-7+. The SMILES string of the molecule is Nc1ccc(/C=C/C(=O)c2ccccc2)c(N=O)c1. The highest BCUT2D eigenvalue weighted by molar-refractivity contribution is 6.07. The van der Waals surface area contributed by atoms with Gasteiger partial charge in [0, 0.05) is 16.8 Å². The summed E-state index contributed by atoms with van der Waals surface area (Å²) in [5.41, 5.74) is 7.39. The van der Waals surface area contributed by atoms with Gasteiger partial charge in [-0.15, -0.1) is 4.91 Å². The van der Waals surface area contributed by atoms with Crippen LogP contribution in [0.4, 0.5) is 11.4 Å². The number of nitrogens with two attached hydrogens (primary N) is 1. The quantitative estimate of drug-likeness (QED) is 0.391. The summed E-state index contributed by atoms with van der Waals surface area (Å²) in [5.74, 6) is -0.130. The highest BCUT2D eigenvalue weighted by atomic mass is 16.3. The van der Waals surface area contributed by atoms with Gasteiger partial charge in [0.25, 0.3) is 0 Å². The van der Waals surface area contributed by atoms with E-state index in [4.69, 9.17) is 5.73 Å². The van der Waals surface area contributed by atoms with Gasteiger partial charge in [-0.25, -0.2) is 0 Å². The molecule has 2 N–H and O–H groups in total. The maximum atomic E-state index is 11.9. The van der Waals surface area contributed by atoms with Crippen molar-refractivity contribution in [3.63, 3.8) is 0 Å². The lowest BCUT2D eigenvalue weighted by Crippen LogP contribution is -1.92. The molecule has 2 rings (SSSR count). The first-order chi connectivity index (χ1) is 9.20. The Labute approximate surface area is 110 Å². The molecule has 0 saturated heterocycles. The lowest BCUT2D eigenvalue weighted by Gasteiger charge is -1.99. The number of hydrogen-bond donors (Lipinski definition) is 1. The summed E-state index contributed by atoms with van der Waals surface area (Å²) < 4.78 is 0. The highest BCUT2D eigenvalue weighted by Crippen LogP contribution is 2.23. The summed E-state index contributed by atoms with van der Waals surface area (Å²) in [6.07, 6.45) is 2.97. The topological polar surface area (TPSA) is 72.5 Å². The number of anilines is 1. The van der Waals surface area contributed by atoms with E-state index >= 15 is 0 Å². The van der Waals surface area contributed by atoms with Crippen LogP contribution in [0.25, 0.3) is 6.08 Å². The van der Waals surface area contributed by atoms with Crippen LogP contribution < -0.4 is 5.73 Å². The van der Waals surface area contributed by atoms with Gasteiger partial charge in [-0.05, 0) is 29.5 Å². The van der Waals surface area contributed by atoms with Crippen molar-refractivity contribution in [2.75, 3.05) is 5.73 Å². The van der Waals surface area contributed by atoms with Crippen LogP contribution in [0.5, 0.6) is 0 Å². The van der Waals surface area contributed by atoms with Crippen molar-refractivity contribution in [1.82, 2.24) is 0 Å². The summed E-state index contributed by atoms with van der Waals surface area (Å²) in [4.78, 5) is 22.5. The Kier molecular flexibility index (Phi) is 3.83. The number of nitrogen functional groups attached to an aromatic ring is 1. The maximum absolute atomic E-state index is 11.9. The van der Waals surface area contributed by atoms with Gasteiger partial charge in [0.15, 0.2) is 5.78 Å². The van der Waals surface area contributed by atoms with E-state index in [2.05, 4.69) is 5.18 Å². The number of rotatable bonds is 4. The fourth-order valence-corrected chi connectivity index (χ4v) is 1.64. The molecule has 0 aliphatic rings. The van der Waals surface area contributed by atoms with Crippen molar-refractivity contribution in [3.8, 4) is 0 Å². The fraction of sp³-hybridized carbons (Fsp3) is 0. The summed E-state index contributed by atoms with van der Waals surface area (Å²) in [5, 5.41) is 2.89. The summed E-state index contributed by atoms with van der Waals surface area (Å²) >= 11 is 0. The van der Waals surface area contributed by atoms with E-state index in [0.717, 1.165) is 0 Å². The van der Waals surface area contributed by atoms with Crippen molar-refractivity contribution in [1.29, 1.82) is 0 Å². The van der Waals surface area contributed by atoms with Crippen LogP contribution in [0.2, 0.25) is 0 Å². The Balaban J connectivity index is 2.24. The average molecular weight is 252 g/mol. The molecule has 0 aliphatic heterocycles. The number of carbonyl (C=O) groups excluding carboxylic acids is 1. The maximum Gasteiger partial charge on any atom is 0.185 e. The molecule has 0 bridgehead atoms. The zero-order valence-electron chi connectivity index (χ0n) is 10.1. The van der Waals surface area contributed by atoms with Gasteiger partial charge in [-0.3, -0.25) is 4.79 Å². The molecule has 0 heterocycles. The third-order valence-electron chi connectivity index (χ3n) is 2.63. The minimum Gasteiger partial charge on any atom is -0.399 e. The van der Waals surface area contributed by atoms with E-state index in [-0.39, 0.29) is 11.5 Å². The van der Waals surface area contributed by atoms with Gasteiger partial charge in [0.05, 0.1) is 0 Å². The molecule has 0 atom stereocenters. The molecular formula is C15H12N2O2. The summed E-state index contributed by atoms with van der Waals surface area (Å²) in [7, 11) is 0. The van der Waals surface area contributed by atoms with E-state index in [1.165, 1.54) is 12.1 Å². The second-order valence-corrected chi connectivity index (χ2v) is 3.97. The molecule has 0 unspecified atom stereocenters. The van der Waals surface area contributed by atoms with Crippen LogP contribution >= 0.6 is 0 Å². The Hall–Kier alpha value is -2.75. The lowest BCUT2D eigenvalue weighted by molar-refractivity contribution is 0.104. The molecule has 0 saturated carbocycles. The Morgan fingerprint density at radius 1 is 1.11 bits per heavy atom. The molecule has 0 aliphatic carbocycles. The molecule has 0 fully saturated rings. The molecule has 0 radical (unpaired) electrons. The first kappa shape index (κ1) is 12.7. The molecule has 4 heteroatoms. The normalized spacial score (nSPS) is 10.5. The van der Waals surface area contributed by atoms with E-state index in [1.807, 2.05) is 6.07 Å². The van der Waals surface area contributed by atoms with Crippen molar-refractivity contribution in [2.45, 2.75) is 0 Å². The average Bonchev–Trinajstić information content (AvgIpc) is 2.46. The van der Waals surface area contributed by atoms with Crippen LogP contribution in [0, 0.1) is 4.91 Å². The van der Waals surface area contributed by atoms with Gasteiger partial charge >= 0.3 is 0 Å². The van der Waals surface area contributed by atoms with Crippen LogP contribution in [-0.4, -0.2) is 5.78 Å². The first-order valence-corrected chi connectivity index (χ1v) is 5.71. The van der Waals surface area contributed by atoms with Crippen molar-refractivity contribution in [2.24, 2.45) is 5.18 Å². The van der Waals surface area contributed by atoms with Crippen molar-refractivity contribution in [3.05, 3.63) is 70.6 Å². The second kappa shape index (κ2) is 5.73. The number of nitroso groups, excluding NO2 is 1. The monoisotopic (exact) mass is 252 g/mol. The number of allylic oxidation sites excluding steroid dienone is 1. The molecule has 4 nitrogen and oxygen atoms in total. The van der Waals surface area contributed by atoms with Gasteiger partial charge in [-0.1, -0.05) is 36.4 Å². The lowest BCUT2D eigenvalue weighted by atomic mass is 10.1. The zero-order valence-corrected chi connectivity index (χ0v) is 10.1. The molecule has 2 aromatic carbocycles. The van der Waals surface area contributed by atoms with E-state index < -0.39 is 0 Å². The predicted octanol–water partition coefficient (Wildman–Crippen LogP) is 3.56. The molecule has 0 amide bonds. The Bertz CT molecular complexity index is 634. The zero-order chi connectivity index (χ0) is 13.7. The minimum atomic E-state index is -0.130. The summed E-state index contributed by atoms with van der Waals surface area (Å²) in [6.45, 7) is 0. The molecule has 0 spiro atoms. The second-order valence-electron chi connectivity index (χ2n) is 3.97. The largest absolute Gasteiger partial charge is 0.399 e. The van der Waals surface area contributed by atoms with Crippen molar-refractivity contribution < 1.29 is 4.79 Å². The number of benzene rings is 2. The van der Waals surface area contributed by atoms with Crippen LogP contribution in [-0.2, 0) is 0 Å². The van der Waals surface area contributed by atoms with E-state index in [9.17, 15) is 9.70 Å². The third kappa shape index (κ3) is 3.13. The van der Waals surface area contributed by atoms with Crippen molar-refractivity contribution >= 4 is 23.2 Å². The molecule has 2 aromatic rings. The van der Waals surface area contributed by atoms with Crippen LogP contribution in [0.3, 0.4) is 0 Å². The highest BCUT2D eigenvalue weighted by Gasteiger charge is 2.03. The molecule has 94 valence electrons. The van der Waals surface area contributed by atoms with E-state index in [0.29, 0.717) is 16.8 Å². The van der Waals surface area contributed by atoms with E-state index in [1.54, 1.807) is 42.5 Å². The third-order valence-corrected chi connectivity index (χ3v) is 2.63. The fourth-order valence-electron chi connectivity index (χ4n) is 1.64. The molecular weight excluding hydrogens is 240 g/mol. The number of ketones is 1. The van der Waals surface area contributed by atoms with Gasteiger partial charge in [0.1, 0.15) is 5.69 Å². The molecule has 19 heavy (non-hydrogen) atoms. The number of carbonyl (C=O) groups is 1. The Morgan fingerprint density at radius 3 is 2.53 bits per heavy atom. The summed E-state index contributed by atoms with van der Waals surface area (Å²) in [6, 6.07) is 13.7. The smallest absolute Gasteiger partial charge is 0.185 e. The number of hydrogen-bond acceptors (Lipinski definition) is 4. The van der Waals surface area contributed by atoms with Gasteiger partial charge in [-0.2, -0.15) is 0 Å². The van der Waals surface area contributed by atoms with Gasteiger partial charge < -0.3 is 5.73 Å². The van der Waals surface area contributed by atoms with Gasteiger partial charge in [0.2, 0.25) is 0 Å². The number of nitrogens with zero attached hydrogens (tertiary/aromatic N) is 1. The Morgan fingerprint density at radius 2 is 1.84 bits per heavy atom.